The second kappa shape index (κ2) is 9.49. The number of rotatable bonds is 6. The van der Waals surface area contributed by atoms with Crippen LogP contribution in [0.2, 0.25) is 0 Å². The maximum atomic E-state index is 6.47. The van der Waals surface area contributed by atoms with Crippen molar-refractivity contribution in [2.24, 2.45) is 0 Å². The first-order valence-electron chi connectivity index (χ1n) is 11.5. The molecule has 0 amide bonds. The lowest BCUT2D eigenvalue weighted by atomic mass is 9.91. The van der Waals surface area contributed by atoms with Gasteiger partial charge in [0.15, 0.2) is 0 Å². The molecular formula is C28H30N2O2. The molecule has 4 nitrogen and oxygen atoms in total. The van der Waals surface area contributed by atoms with Crippen molar-refractivity contribution in [1.29, 1.82) is 0 Å². The minimum atomic E-state index is -0.184. The Kier molecular flexibility index (Phi) is 6.13. The Bertz CT molecular complexity index is 1070. The maximum Gasteiger partial charge on any atom is 0.149 e. The predicted octanol–water partition coefficient (Wildman–Crippen LogP) is 5.81. The molecule has 3 aromatic carbocycles. The fraction of sp³-hybridized carbons (Fsp3) is 0.286. The lowest BCUT2D eigenvalue weighted by Crippen LogP contribution is -2.33. The molecule has 5 rings (SSSR count). The highest BCUT2D eigenvalue weighted by molar-refractivity contribution is 5.88. The first-order valence-corrected chi connectivity index (χ1v) is 11.5. The summed E-state index contributed by atoms with van der Waals surface area (Å²) in [6.07, 6.45) is 6.01. The van der Waals surface area contributed by atoms with Crippen LogP contribution in [-0.4, -0.2) is 31.1 Å². The molecule has 0 radical (unpaired) electrons. The van der Waals surface area contributed by atoms with Gasteiger partial charge in [0.1, 0.15) is 24.2 Å². The minimum Gasteiger partial charge on any atom is -0.492 e. The van der Waals surface area contributed by atoms with Crippen molar-refractivity contribution in [3.63, 3.8) is 0 Å². The normalized spacial score (nSPS) is 18.4. The van der Waals surface area contributed by atoms with E-state index in [-0.39, 0.29) is 6.10 Å². The molecule has 3 aromatic rings. The van der Waals surface area contributed by atoms with E-state index in [1.54, 1.807) is 0 Å². The smallest absolute Gasteiger partial charge is 0.149 e. The Labute approximate surface area is 190 Å². The van der Waals surface area contributed by atoms with E-state index in [1.165, 1.54) is 32.4 Å². The SMILES string of the molecule is Nc1ccc(C2=Cc3ccccc3OC2c2ccc(OCCN3CCCCC3)cc2)cc1. The van der Waals surface area contributed by atoms with Crippen molar-refractivity contribution in [3.8, 4) is 11.5 Å². The summed E-state index contributed by atoms with van der Waals surface area (Å²) in [5.74, 6) is 1.80. The lowest BCUT2D eigenvalue weighted by molar-refractivity contribution is 0.183. The Hall–Kier alpha value is -3.24. The molecule has 0 aromatic heterocycles. The van der Waals surface area contributed by atoms with Crippen LogP contribution in [0.4, 0.5) is 5.69 Å². The van der Waals surface area contributed by atoms with Gasteiger partial charge >= 0.3 is 0 Å². The number of hydrogen-bond acceptors (Lipinski definition) is 4. The van der Waals surface area contributed by atoms with Crippen molar-refractivity contribution >= 4 is 17.3 Å². The Morgan fingerprint density at radius 2 is 1.62 bits per heavy atom. The number of para-hydroxylation sites is 1. The van der Waals surface area contributed by atoms with Crippen LogP contribution in [0.25, 0.3) is 11.6 Å². The molecule has 0 bridgehead atoms. The molecule has 1 unspecified atom stereocenters. The summed E-state index contributed by atoms with van der Waals surface area (Å²) >= 11 is 0. The summed E-state index contributed by atoms with van der Waals surface area (Å²) in [5.41, 5.74) is 11.1. The van der Waals surface area contributed by atoms with Crippen LogP contribution >= 0.6 is 0 Å². The van der Waals surface area contributed by atoms with Crippen LogP contribution in [0.5, 0.6) is 11.5 Å². The molecule has 0 saturated carbocycles. The third-order valence-electron chi connectivity index (χ3n) is 6.31. The van der Waals surface area contributed by atoms with Crippen LogP contribution in [0.3, 0.4) is 0 Å². The van der Waals surface area contributed by atoms with E-state index in [9.17, 15) is 0 Å². The summed E-state index contributed by atoms with van der Waals surface area (Å²) in [5, 5.41) is 0. The summed E-state index contributed by atoms with van der Waals surface area (Å²) in [6.45, 7) is 4.11. The molecule has 2 aliphatic rings. The fourth-order valence-corrected chi connectivity index (χ4v) is 4.51. The van der Waals surface area contributed by atoms with Gasteiger partial charge in [-0.15, -0.1) is 0 Å². The van der Waals surface area contributed by atoms with E-state index in [1.807, 2.05) is 30.3 Å². The van der Waals surface area contributed by atoms with Crippen molar-refractivity contribution < 1.29 is 9.47 Å². The standard InChI is InChI=1S/C28H30N2O2/c29-24-12-8-21(9-13-24)26-20-23-6-2-3-7-27(23)32-28(26)22-10-14-25(15-11-22)31-19-18-30-16-4-1-5-17-30/h2-3,6-15,20,28H,1,4-5,16-19,29H2. The summed E-state index contributed by atoms with van der Waals surface area (Å²) in [7, 11) is 0. The van der Waals surface area contributed by atoms with Gasteiger partial charge < -0.3 is 15.2 Å². The van der Waals surface area contributed by atoms with Gasteiger partial charge in [-0.05, 0) is 73.5 Å². The number of benzene rings is 3. The van der Waals surface area contributed by atoms with Gasteiger partial charge in [-0.3, -0.25) is 4.90 Å². The quantitative estimate of drug-likeness (QED) is 0.506. The molecule has 1 atom stereocenters. The van der Waals surface area contributed by atoms with Gasteiger partial charge in [-0.1, -0.05) is 48.9 Å². The van der Waals surface area contributed by atoms with E-state index >= 15 is 0 Å². The van der Waals surface area contributed by atoms with Crippen molar-refractivity contribution in [2.45, 2.75) is 25.4 Å². The van der Waals surface area contributed by atoms with Gasteiger partial charge in [0.25, 0.3) is 0 Å². The van der Waals surface area contributed by atoms with Crippen molar-refractivity contribution in [2.75, 3.05) is 32.0 Å². The molecule has 0 spiro atoms. The molecule has 1 saturated heterocycles. The van der Waals surface area contributed by atoms with Crippen molar-refractivity contribution in [3.05, 3.63) is 89.5 Å². The first-order chi connectivity index (χ1) is 15.8. The molecular weight excluding hydrogens is 396 g/mol. The van der Waals surface area contributed by atoms with Gasteiger partial charge in [0, 0.05) is 23.4 Å². The molecule has 2 N–H and O–H groups in total. The molecule has 4 heteroatoms. The summed E-state index contributed by atoms with van der Waals surface area (Å²) in [6, 6.07) is 24.5. The Balaban J connectivity index is 1.33. The van der Waals surface area contributed by atoms with Crippen LogP contribution < -0.4 is 15.2 Å². The highest BCUT2D eigenvalue weighted by Crippen LogP contribution is 2.42. The number of nitrogens with zero attached hydrogens (tertiary/aromatic N) is 1. The number of likely N-dealkylation sites (tertiary alicyclic amines) is 1. The monoisotopic (exact) mass is 426 g/mol. The number of ether oxygens (including phenoxy) is 2. The third kappa shape index (κ3) is 4.66. The molecule has 164 valence electrons. The largest absolute Gasteiger partial charge is 0.492 e. The zero-order valence-electron chi connectivity index (χ0n) is 18.4. The number of fused-ring (bicyclic) bond motifs is 1. The average molecular weight is 427 g/mol. The minimum absolute atomic E-state index is 0.184. The fourth-order valence-electron chi connectivity index (χ4n) is 4.51. The van der Waals surface area contributed by atoms with Crippen LogP contribution in [-0.2, 0) is 0 Å². The predicted molar refractivity (Wildman–Crippen MR) is 131 cm³/mol. The Morgan fingerprint density at radius 1 is 0.875 bits per heavy atom. The lowest BCUT2D eigenvalue weighted by Gasteiger charge is -2.28. The third-order valence-corrected chi connectivity index (χ3v) is 6.31. The van der Waals surface area contributed by atoms with Crippen molar-refractivity contribution in [1.82, 2.24) is 4.90 Å². The summed E-state index contributed by atoms with van der Waals surface area (Å²) < 4.78 is 12.5. The van der Waals surface area contributed by atoms with E-state index in [0.717, 1.165) is 52.6 Å². The topological polar surface area (TPSA) is 47.7 Å². The van der Waals surface area contributed by atoms with Gasteiger partial charge in [-0.2, -0.15) is 0 Å². The average Bonchev–Trinajstić information content (AvgIpc) is 2.85. The molecule has 2 aliphatic heterocycles. The van der Waals surface area contributed by atoms with Gasteiger partial charge in [0.2, 0.25) is 0 Å². The number of nitrogen functional groups attached to an aromatic ring is 1. The molecule has 1 fully saturated rings. The number of anilines is 1. The highest BCUT2D eigenvalue weighted by atomic mass is 16.5. The number of nitrogens with two attached hydrogens (primary N) is 1. The number of hydrogen-bond donors (Lipinski definition) is 1. The van der Waals surface area contributed by atoms with E-state index in [0.29, 0.717) is 0 Å². The summed E-state index contributed by atoms with van der Waals surface area (Å²) in [4.78, 5) is 2.49. The van der Waals surface area contributed by atoms with Crippen LogP contribution in [0.15, 0.2) is 72.8 Å². The van der Waals surface area contributed by atoms with Gasteiger partial charge in [0.05, 0.1) is 0 Å². The molecule has 32 heavy (non-hydrogen) atoms. The second-order valence-electron chi connectivity index (χ2n) is 8.58. The zero-order chi connectivity index (χ0) is 21.8. The van der Waals surface area contributed by atoms with E-state index in [4.69, 9.17) is 15.2 Å². The van der Waals surface area contributed by atoms with Crippen LogP contribution in [0, 0.1) is 0 Å². The molecule has 2 heterocycles. The maximum absolute atomic E-state index is 6.47. The zero-order valence-corrected chi connectivity index (χ0v) is 18.4. The van der Waals surface area contributed by atoms with Gasteiger partial charge in [-0.25, -0.2) is 0 Å². The van der Waals surface area contributed by atoms with E-state index in [2.05, 4.69) is 53.4 Å². The second-order valence-corrected chi connectivity index (χ2v) is 8.58. The van der Waals surface area contributed by atoms with Crippen LogP contribution in [0.1, 0.15) is 42.1 Å². The van der Waals surface area contributed by atoms with E-state index < -0.39 is 0 Å². The Morgan fingerprint density at radius 3 is 2.41 bits per heavy atom. The number of piperidine rings is 1. The highest BCUT2D eigenvalue weighted by Gasteiger charge is 2.25. The first kappa shape index (κ1) is 20.7. The molecule has 0 aliphatic carbocycles.